The van der Waals surface area contributed by atoms with Gasteiger partial charge >= 0.3 is 0 Å². The van der Waals surface area contributed by atoms with Crippen LogP contribution >= 0.6 is 0 Å². The van der Waals surface area contributed by atoms with Crippen molar-refractivity contribution >= 4 is 23.3 Å². The normalized spacial score (nSPS) is 14.8. The first kappa shape index (κ1) is 24.9. The zero-order valence-corrected chi connectivity index (χ0v) is 16.9. The van der Waals surface area contributed by atoms with Gasteiger partial charge in [0.15, 0.2) is 52.4 Å². The lowest BCUT2D eigenvalue weighted by molar-refractivity contribution is 0.377. The quantitative estimate of drug-likeness (QED) is 0.239. The molecule has 0 amide bonds. The third-order valence-electron chi connectivity index (χ3n) is 4.97. The number of rotatable bonds is 3. The van der Waals surface area contributed by atoms with Crippen LogP contribution in [-0.2, 0) is 0 Å². The van der Waals surface area contributed by atoms with Gasteiger partial charge in [0.05, 0.1) is 5.56 Å². The van der Waals surface area contributed by atoms with Gasteiger partial charge in [0.2, 0.25) is 11.6 Å². The van der Waals surface area contributed by atoms with E-state index in [9.17, 15) is 48.3 Å². The van der Waals surface area contributed by atoms with Crippen molar-refractivity contribution in [3.05, 3.63) is 105 Å². The van der Waals surface area contributed by atoms with Crippen LogP contribution in [0, 0.1) is 69.4 Å². The zero-order chi connectivity index (χ0) is 26.6. The second-order valence-corrected chi connectivity index (χ2v) is 7.08. The maximum atomic E-state index is 14.4. The van der Waals surface area contributed by atoms with Gasteiger partial charge in [-0.05, 0) is 30.3 Å². The first-order chi connectivity index (χ1) is 16.9. The molecule has 1 heterocycles. The van der Waals surface area contributed by atoms with Crippen LogP contribution in [0.25, 0.3) is 6.08 Å². The highest BCUT2D eigenvalue weighted by Gasteiger charge is 2.37. The summed E-state index contributed by atoms with van der Waals surface area (Å²) in [4.78, 5) is 0. The van der Waals surface area contributed by atoms with Crippen molar-refractivity contribution in [2.75, 3.05) is 5.01 Å². The first-order valence-corrected chi connectivity index (χ1v) is 9.35. The zero-order valence-electron chi connectivity index (χ0n) is 16.9. The summed E-state index contributed by atoms with van der Waals surface area (Å²) in [6, 6.07) is 3.54. The lowest BCUT2D eigenvalue weighted by atomic mass is 9.99. The summed E-state index contributed by atoms with van der Waals surface area (Å²) in [6.07, 6.45) is 0.201. The third kappa shape index (κ3) is 3.69. The van der Waals surface area contributed by atoms with Gasteiger partial charge in [-0.2, -0.15) is 5.10 Å². The van der Waals surface area contributed by atoms with Gasteiger partial charge in [0.1, 0.15) is 17.2 Å². The van der Waals surface area contributed by atoms with Crippen molar-refractivity contribution < 1.29 is 48.3 Å². The van der Waals surface area contributed by atoms with Crippen LogP contribution in [0.1, 0.15) is 11.1 Å². The number of nitrogens with one attached hydrogen (secondary N) is 1. The van der Waals surface area contributed by atoms with E-state index in [0.29, 0.717) is 0 Å². The van der Waals surface area contributed by atoms with Crippen molar-refractivity contribution in [1.29, 1.82) is 5.41 Å². The molecule has 0 aliphatic carbocycles. The molecule has 0 unspecified atom stereocenters. The number of hydrazone groups is 1. The van der Waals surface area contributed by atoms with Gasteiger partial charge in [0.25, 0.3) is 0 Å². The maximum absolute atomic E-state index is 14.4. The fourth-order valence-corrected chi connectivity index (χ4v) is 3.22. The predicted molar refractivity (Wildman–Crippen MR) is 104 cm³/mol. The number of benzene rings is 3. The molecule has 3 nitrogen and oxygen atoms in total. The highest BCUT2D eigenvalue weighted by molar-refractivity contribution is 6.38. The summed E-state index contributed by atoms with van der Waals surface area (Å²) >= 11 is 0. The lowest BCUT2D eigenvalue weighted by Crippen LogP contribution is -2.24. The average molecular weight is 521 g/mol. The van der Waals surface area contributed by atoms with Crippen molar-refractivity contribution in [3.63, 3.8) is 0 Å². The molecule has 1 N–H and O–H groups in total. The van der Waals surface area contributed by atoms with Crippen LogP contribution in [0.4, 0.5) is 54.0 Å². The fourth-order valence-electron chi connectivity index (χ4n) is 3.22. The van der Waals surface area contributed by atoms with E-state index in [1.165, 1.54) is 0 Å². The van der Waals surface area contributed by atoms with E-state index in [2.05, 4.69) is 5.10 Å². The molecule has 4 rings (SSSR count). The topological polar surface area (TPSA) is 39.5 Å². The minimum atomic E-state index is -2.53. The molecule has 0 fully saturated rings. The standard InChI is InChI=1S/C22H6F11N3/c23-7-3-1-6(2-4-7)20-9(5-8-10(24)12(26)14(28)13(27)11(8)25)22(34)36(35-20)21-18(32)16(30)15(29)17(31)19(21)33/h1-5,34H/b9-5+,34-22?. The Morgan fingerprint density at radius 1 is 0.583 bits per heavy atom. The Kier molecular flexibility index (Phi) is 6.06. The third-order valence-corrected chi connectivity index (χ3v) is 4.97. The van der Waals surface area contributed by atoms with Crippen molar-refractivity contribution in [2.45, 2.75) is 0 Å². The molecule has 0 aromatic heterocycles. The Balaban J connectivity index is 2.01. The molecule has 14 heteroatoms. The van der Waals surface area contributed by atoms with E-state index in [-0.39, 0.29) is 16.6 Å². The van der Waals surface area contributed by atoms with E-state index < -0.39 is 92.4 Å². The summed E-state index contributed by atoms with van der Waals surface area (Å²) in [5.41, 5.74) is -5.11. The molecule has 0 radical (unpaired) electrons. The summed E-state index contributed by atoms with van der Waals surface area (Å²) < 4.78 is 152. The van der Waals surface area contributed by atoms with Crippen molar-refractivity contribution in [1.82, 2.24) is 0 Å². The molecule has 0 saturated heterocycles. The molecule has 0 bridgehead atoms. The molecular formula is C22H6F11N3. The maximum Gasteiger partial charge on any atom is 0.200 e. The molecule has 186 valence electrons. The molecule has 0 saturated carbocycles. The smallest absolute Gasteiger partial charge is 0.200 e. The summed E-state index contributed by atoms with van der Waals surface area (Å²) in [6.45, 7) is 0. The predicted octanol–water partition coefficient (Wildman–Crippen LogP) is 6.50. The summed E-state index contributed by atoms with van der Waals surface area (Å²) in [5.74, 6) is -26.2. The van der Waals surface area contributed by atoms with Gasteiger partial charge in [-0.15, -0.1) is 0 Å². The molecule has 36 heavy (non-hydrogen) atoms. The largest absolute Gasteiger partial charge is 0.282 e. The van der Waals surface area contributed by atoms with Gasteiger partial charge in [-0.1, -0.05) is 0 Å². The minimum Gasteiger partial charge on any atom is -0.282 e. The summed E-state index contributed by atoms with van der Waals surface area (Å²) in [5, 5.41) is 11.6. The number of hydrogen-bond acceptors (Lipinski definition) is 2. The van der Waals surface area contributed by atoms with Crippen molar-refractivity contribution in [2.24, 2.45) is 5.10 Å². The van der Waals surface area contributed by atoms with Gasteiger partial charge < -0.3 is 0 Å². The molecule has 3 aromatic carbocycles. The number of halogens is 11. The van der Waals surface area contributed by atoms with E-state index in [4.69, 9.17) is 5.41 Å². The van der Waals surface area contributed by atoms with Crippen LogP contribution < -0.4 is 5.01 Å². The molecule has 0 atom stereocenters. The Morgan fingerprint density at radius 3 is 1.47 bits per heavy atom. The van der Waals surface area contributed by atoms with Crippen LogP contribution in [0.5, 0.6) is 0 Å². The van der Waals surface area contributed by atoms with Gasteiger partial charge in [-0.3, -0.25) is 5.41 Å². The molecule has 3 aromatic rings. The number of hydrogen-bond donors (Lipinski definition) is 1. The Labute approximate surface area is 192 Å². The SMILES string of the molecule is N=C1/C(=C/c2c(F)c(F)c(F)c(F)c2F)C(c2ccc(F)cc2)=NN1c1c(F)c(F)c(F)c(F)c1F. The Bertz CT molecular complexity index is 1450. The second kappa shape index (κ2) is 8.77. The van der Waals surface area contributed by atoms with E-state index in [1.807, 2.05) is 0 Å². The monoisotopic (exact) mass is 521 g/mol. The number of nitrogens with zero attached hydrogens (tertiary/aromatic N) is 2. The van der Waals surface area contributed by atoms with Crippen molar-refractivity contribution in [3.8, 4) is 0 Å². The van der Waals surface area contributed by atoms with E-state index >= 15 is 0 Å². The van der Waals surface area contributed by atoms with E-state index in [0.717, 1.165) is 24.3 Å². The number of amidine groups is 1. The van der Waals surface area contributed by atoms with Crippen LogP contribution in [0.15, 0.2) is 34.9 Å². The first-order valence-electron chi connectivity index (χ1n) is 9.35. The lowest BCUT2D eigenvalue weighted by Gasteiger charge is -2.17. The van der Waals surface area contributed by atoms with Crippen LogP contribution in [-0.4, -0.2) is 11.5 Å². The molecule has 0 spiro atoms. The fraction of sp³-hybridized carbons (Fsp3) is 0. The van der Waals surface area contributed by atoms with E-state index in [1.54, 1.807) is 0 Å². The average Bonchev–Trinajstić information content (AvgIpc) is 3.17. The van der Waals surface area contributed by atoms with Gasteiger partial charge in [0, 0.05) is 11.1 Å². The minimum absolute atomic E-state index is 0.132. The highest BCUT2D eigenvalue weighted by atomic mass is 19.2. The van der Waals surface area contributed by atoms with Gasteiger partial charge in [-0.25, -0.2) is 53.3 Å². The Morgan fingerprint density at radius 2 is 1.00 bits per heavy atom. The molecule has 1 aliphatic rings. The highest BCUT2D eigenvalue weighted by Crippen LogP contribution is 2.36. The van der Waals surface area contributed by atoms with Crippen LogP contribution in [0.2, 0.25) is 0 Å². The summed E-state index contributed by atoms with van der Waals surface area (Å²) in [7, 11) is 0. The van der Waals surface area contributed by atoms with Crippen LogP contribution in [0.3, 0.4) is 0 Å². The second-order valence-electron chi connectivity index (χ2n) is 7.08. The number of anilines is 1. The molecular weight excluding hydrogens is 515 g/mol. The molecule has 1 aliphatic heterocycles. The Hall–Kier alpha value is -4.23.